The molecule has 4 nitrogen and oxygen atoms in total. The van der Waals surface area contributed by atoms with Gasteiger partial charge in [-0.1, -0.05) is 6.07 Å². The van der Waals surface area contributed by atoms with Crippen LogP contribution in [0.4, 0.5) is 13.2 Å². The molecule has 124 valence electrons. The van der Waals surface area contributed by atoms with Crippen LogP contribution in [0, 0.1) is 5.41 Å². The van der Waals surface area contributed by atoms with Gasteiger partial charge in [-0.2, -0.15) is 13.2 Å². The molecule has 0 radical (unpaired) electrons. The Hall–Kier alpha value is -1.12. The highest BCUT2D eigenvalue weighted by Gasteiger charge is 2.41. The lowest BCUT2D eigenvalue weighted by Gasteiger charge is -2.47. The summed E-state index contributed by atoms with van der Waals surface area (Å²) in [4.78, 5) is 13.0. The van der Waals surface area contributed by atoms with E-state index in [1.165, 1.54) is 30.8 Å². The average Bonchev–Trinajstić information content (AvgIpc) is 2.90. The highest BCUT2D eigenvalue weighted by atomic mass is 32.1. The molecule has 0 atom stereocenters. The van der Waals surface area contributed by atoms with Crippen molar-refractivity contribution < 1.29 is 27.8 Å². The van der Waals surface area contributed by atoms with Gasteiger partial charge in [0.2, 0.25) is 0 Å². The van der Waals surface area contributed by atoms with Crippen molar-refractivity contribution in [3.8, 4) is 0 Å². The first-order valence-electron chi connectivity index (χ1n) is 6.93. The van der Waals surface area contributed by atoms with E-state index >= 15 is 0 Å². The number of likely N-dealkylation sites (tertiary alicyclic amines) is 1. The summed E-state index contributed by atoms with van der Waals surface area (Å²) in [5.74, 6) is -2.76. The minimum Gasteiger partial charge on any atom is -0.475 e. The summed E-state index contributed by atoms with van der Waals surface area (Å²) in [5, 5.41) is 9.29. The molecule has 1 N–H and O–H groups in total. The topological polar surface area (TPSA) is 49.8 Å². The van der Waals surface area contributed by atoms with Crippen LogP contribution in [0.15, 0.2) is 17.5 Å². The molecule has 8 heteroatoms. The van der Waals surface area contributed by atoms with E-state index in [-0.39, 0.29) is 0 Å². The summed E-state index contributed by atoms with van der Waals surface area (Å²) in [7, 11) is 0. The van der Waals surface area contributed by atoms with Crippen LogP contribution in [0.2, 0.25) is 0 Å². The Balaban J connectivity index is 0.000000217. The largest absolute Gasteiger partial charge is 0.490 e. The number of rotatable bonds is 2. The van der Waals surface area contributed by atoms with Crippen molar-refractivity contribution in [2.24, 2.45) is 5.41 Å². The van der Waals surface area contributed by atoms with E-state index in [0.717, 1.165) is 19.8 Å². The molecule has 0 bridgehead atoms. The van der Waals surface area contributed by atoms with Gasteiger partial charge in [-0.05, 0) is 37.4 Å². The van der Waals surface area contributed by atoms with Crippen molar-refractivity contribution in [2.75, 3.05) is 26.3 Å². The number of halogens is 3. The number of hydrogen-bond donors (Lipinski definition) is 1. The first kappa shape index (κ1) is 17.2. The van der Waals surface area contributed by atoms with Gasteiger partial charge in [0.1, 0.15) is 0 Å². The number of hydrogen-bond acceptors (Lipinski definition) is 4. The van der Waals surface area contributed by atoms with E-state index < -0.39 is 12.1 Å². The predicted molar refractivity (Wildman–Crippen MR) is 75.8 cm³/mol. The number of piperidine rings is 1. The molecule has 2 fully saturated rings. The quantitative estimate of drug-likeness (QED) is 0.901. The Kier molecular flexibility index (Phi) is 5.46. The van der Waals surface area contributed by atoms with E-state index in [1.54, 1.807) is 0 Å². The zero-order valence-corrected chi connectivity index (χ0v) is 12.8. The van der Waals surface area contributed by atoms with Crippen molar-refractivity contribution in [1.29, 1.82) is 0 Å². The van der Waals surface area contributed by atoms with Gasteiger partial charge >= 0.3 is 12.1 Å². The summed E-state index contributed by atoms with van der Waals surface area (Å²) in [6, 6.07) is 4.38. The van der Waals surface area contributed by atoms with Crippen molar-refractivity contribution in [1.82, 2.24) is 4.90 Å². The molecule has 0 amide bonds. The molecule has 2 aliphatic rings. The van der Waals surface area contributed by atoms with E-state index in [9.17, 15) is 13.2 Å². The van der Waals surface area contributed by atoms with Crippen LogP contribution in [0.3, 0.4) is 0 Å². The van der Waals surface area contributed by atoms with E-state index in [2.05, 4.69) is 22.4 Å². The summed E-state index contributed by atoms with van der Waals surface area (Å²) in [5.41, 5.74) is 0.575. The Morgan fingerprint density at radius 1 is 1.36 bits per heavy atom. The van der Waals surface area contributed by atoms with Crippen LogP contribution >= 0.6 is 11.3 Å². The lowest BCUT2D eigenvalue weighted by atomic mass is 9.77. The Morgan fingerprint density at radius 2 is 1.95 bits per heavy atom. The zero-order valence-electron chi connectivity index (χ0n) is 11.9. The molecule has 0 unspecified atom stereocenters. The second-order valence-electron chi connectivity index (χ2n) is 5.65. The number of carbonyl (C=O) groups is 1. The van der Waals surface area contributed by atoms with Crippen molar-refractivity contribution in [3.63, 3.8) is 0 Å². The molecule has 0 aliphatic carbocycles. The third-order valence-corrected chi connectivity index (χ3v) is 4.80. The second kappa shape index (κ2) is 6.97. The lowest BCUT2D eigenvalue weighted by molar-refractivity contribution is -0.192. The molecule has 3 rings (SSSR count). The van der Waals surface area contributed by atoms with Gasteiger partial charge in [0.15, 0.2) is 0 Å². The normalized spacial score (nSPS) is 20.9. The maximum absolute atomic E-state index is 10.6. The molecule has 0 aromatic carbocycles. The van der Waals surface area contributed by atoms with Crippen LogP contribution < -0.4 is 0 Å². The molecule has 0 saturated carbocycles. The molecule has 1 spiro atoms. The van der Waals surface area contributed by atoms with Gasteiger partial charge in [-0.25, -0.2) is 4.79 Å². The standard InChI is InChI=1S/C12H17NOS.C2HF3O2/c1-2-11(15-7-1)8-13-5-3-12(4-6-13)9-14-10-12;3-2(4,5)1(6)7/h1-2,7H,3-6,8-10H2;(H,6,7). The maximum atomic E-state index is 10.6. The van der Waals surface area contributed by atoms with Crippen LogP contribution in [0.25, 0.3) is 0 Å². The number of alkyl halides is 3. The first-order valence-corrected chi connectivity index (χ1v) is 7.81. The predicted octanol–water partition coefficient (Wildman–Crippen LogP) is 2.99. The van der Waals surface area contributed by atoms with E-state index in [0.29, 0.717) is 5.41 Å². The van der Waals surface area contributed by atoms with Crippen molar-refractivity contribution in [3.05, 3.63) is 22.4 Å². The van der Waals surface area contributed by atoms with E-state index in [1.807, 2.05) is 11.3 Å². The zero-order chi connectivity index (χ0) is 16.2. The number of carboxylic acid groups (broad SMARTS) is 1. The van der Waals surface area contributed by atoms with Gasteiger partial charge < -0.3 is 9.84 Å². The summed E-state index contributed by atoms with van der Waals surface area (Å²) >= 11 is 1.87. The fourth-order valence-corrected chi connectivity index (χ4v) is 3.23. The minimum absolute atomic E-state index is 0.575. The van der Waals surface area contributed by atoms with Gasteiger partial charge in [-0.3, -0.25) is 4.90 Å². The number of nitrogens with zero attached hydrogens (tertiary/aromatic N) is 1. The molecule has 1 aromatic heterocycles. The second-order valence-corrected chi connectivity index (χ2v) is 6.68. The highest BCUT2D eigenvalue weighted by Crippen LogP contribution is 2.38. The third-order valence-electron chi connectivity index (χ3n) is 3.94. The van der Waals surface area contributed by atoms with Crippen LogP contribution in [0.1, 0.15) is 17.7 Å². The summed E-state index contributed by atoms with van der Waals surface area (Å²) in [6.07, 6.45) is -2.42. The molecule has 22 heavy (non-hydrogen) atoms. The molecule has 2 aliphatic heterocycles. The van der Waals surface area contributed by atoms with Gasteiger partial charge in [-0.15, -0.1) is 11.3 Å². The Bertz CT molecular complexity index is 476. The Morgan fingerprint density at radius 3 is 2.32 bits per heavy atom. The molecule has 3 heterocycles. The number of thiophene rings is 1. The van der Waals surface area contributed by atoms with Crippen LogP contribution in [0.5, 0.6) is 0 Å². The lowest BCUT2D eigenvalue weighted by Crippen LogP contribution is -2.50. The number of ether oxygens (including phenoxy) is 1. The van der Waals surface area contributed by atoms with Crippen molar-refractivity contribution in [2.45, 2.75) is 25.6 Å². The molecule has 1 aromatic rings. The Labute approximate surface area is 130 Å². The SMILES string of the molecule is O=C(O)C(F)(F)F.c1csc(CN2CCC3(CC2)COC3)c1. The maximum Gasteiger partial charge on any atom is 0.490 e. The summed E-state index contributed by atoms with van der Waals surface area (Å²) in [6.45, 7) is 5.68. The highest BCUT2D eigenvalue weighted by molar-refractivity contribution is 7.09. The van der Waals surface area contributed by atoms with Crippen LogP contribution in [-0.4, -0.2) is 48.5 Å². The average molecular weight is 337 g/mol. The fourth-order valence-electron chi connectivity index (χ4n) is 2.49. The van der Waals surface area contributed by atoms with Gasteiger partial charge in [0.25, 0.3) is 0 Å². The molecule has 2 saturated heterocycles. The van der Waals surface area contributed by atoms with Crippen LogP contribution in [-0.2, 0) is 16.1 Å². The van der Waals surface area contributed by atoms with Gasteiger partial charge in [0, 0.05) is 16.8 Å². The number of carboxylic acids is 1. The van der Waals surface area contributed by atoms with E-state index in [4.69, 9.17) is 14.6 Å². The minimum atomic E-state index is -5.08. The summed E-state index contributed by atoms with van der Waals surface area (Å²) < 4.78 is 37.1. The monoisotopic (exact) mass is 337 g/mol. The molecular formula is C14H18F3NO3S. The smallest absolute Gasteiger partial charge is 0.475 e. The van der Waals surface area contributed by atoms with Gasteiger partial charge in [0.05, 0.1) is 13.2 Å². The van der Waals surface area contributed by atoms with Crippen molar-refractivity contribution >= 4 is 17.3 Å². The number of aliphatic carboxylic acids is 1. The fraction of sp³-hybridized carbons (Fsp3) is 0.643. The molecular weight excluding hydrogens is 319 g/mol. The third kappa shape index (κ3) is 4.69. The first-order chi connectivity index (χ1) is 10.3.